The van der Waals surface area contributed by atoms with Crippen LogP contribution in [0.3, 0.4) is 0 Å². The molecule has 0 spiro atoms. The second-order valence-corrected chi connectivity index (χ2v) is 9.50. The van der Waals surface area contributed by atoms with Crippen molar-refractivity contribution in [1.82, 2.24) is 34.3 Å². The molecule has 0 bridgehead atoms. The molecule has 9 nitrogen and oxygen atoms in total. The van der Waals surface area contributed by atoms with Crippen molar-refractivity contribution in [3.05, 3.63) is 59.9 Å². The van der Waals surface area contributed by atoms with Gasteiger partial charge in [-0.3, -0.25) is 4.79 Å². The van der Waals surface area contributed by atoms with E-state index in [0.717, 1.165) is 42.7 Å². The topological polar surface area (TPSA) is 92.1 Å². The zero-order valence-corrected chi connectivity index (χ0v) is 21.6. The Balaban J connectivity index is 1.34. The normalized spacial score (nSPS) is 14.5. The summed E-state index contributed by atoms with van der Waals surface area (Å²) in [5.74, 6) is 1.04. The lowest BCUT2D eigenvalue weighted by atomic mass is 10.1. The van der Waals surface area contributed by atoms with Crippen LogP contribution < -0.4 is 5.32 Å². The molecule has 1 aromatic carbocycles. The largest absolute Gasteiger partial charge is 0.336 e. The molecule has 0 saturated carbocycles. The lowest BCUT2D eigenvalue weighted by Crippen LogP contribution is -2.48. The number of anilines is 2. The van der Waals surface area contributed by atoms with Crippen LogP contribution in [0.25, 0.3) is 22.3 Å². The monoisotopic (exact) mass is 502 g/mol. The molecular weight excluding hydrogens is 471 g/mol. The molecular formula is C27H31FN8O. The van der Waals surface area contributed by atoms with Gasteiger partial charge in [0.1, 0.15) is 17.3 Å². The van der Waals surface area contributed by atoms with Gasteiger partial charge in [0.05, 0.1) is 22.8 Å². The third-order valence-electron chi connectivity index (χ3n) is 6.76. The molecule has 0 aliphatic carbocycles. The standard InChI is InChI=1S/C27H31FN8O/c1-5-34-10-12-35(13-11-34)26(37)20-7-9-24(29-15-20)32-27-30-16-21(28)25(33-27)19-6-8-22-23(14-19)36(17(2)3)18(4)31-22/h6-9,14-17H,5,10-13H2,1-4H3,(H,29,30,32,33). The fourth-order valence-electron chi connectivity index (χ4n) is 4.80. The number of hydrogen-bond donors (Lipinski definition) is 1. The zero-order valence-electron chi connectivity index (χ0n) is 21.6. The molecule has 4 heterocycles. The number of imidazole rings is 1. The van der Waals surface area contributed by atoms with E-state index in [4.69, 9.17) is 0 Å². The number of likely N-dealkylation sites (N-methyl/N-ethyl adjacent to an activating group) is 1. The van der Waals surface area contributed by atoms with Gasteiger partial charge in [-0.1, -0.05) is 13.0 Å². The molecule has 0 atom stereocenters. The number of benzene rings is 1. The Morgan fingerprint density at radius 1 is 1.05 bits per heavy atom. The van der Waals surface area contributed by atoms with E-state index in [2.05, 4.69) is 55.5 Å². The number of fused-ring (bicyclic) bond motifs is 1. The molecule has 10 heteroatoms. The zero-order chi connectivity index (χ0) is 26.1. The van der Waals surface area contributed by atoms with E-state index in [1.54, 1.807) is 18.3 Å². The number of pyridine rings is 1. The van der Waals surface area contributed by atoms with E-state index in [1.165, 1.54) is 0 Å². The molecule has 1 aliphatic heterocycles. The molecule has 5 rings (SSSR count). The highest BCUT2D eigenvalue weighted by atomic mass is 19.1. The second-order valence-electron chi connectivity index (χ2n) is 9.50. The molecule has 0 radical (unpaired) electrons. The summed E-state index contributed by atoms with van der Waals surface area (Å²) < 4.78 is 16.9. The number of nitrogens with one attached hydrogen (secondary N) is 1. The van der Waals surface area contributed by atoms with Crippen molar-refractivity contribution in [3.8, 4) is 11.3 Å². The molecule has 0 unspecified atom stereocenters. The van der Waals surface area contributed by atoms with Crippen LogP contribution in [0.1, 0.15) is 43.0 Å². The predicted octanol–water partition coefficient (Wildman–Crippen LogP) is 4.44. The third-order valence-corrected chi connectivity index (χ3v) is 6.76. The van der Waals surface area contributed by atoms with Gasteiger partial charge in [-0.25, -0.2) is 24.3 Å². The number of carbonyl (C=O) groups is 1. The van der Waals surface area contributed by atoms with E-state index >= 15 is 0 Å². The maximum atomic E-state index is 14.8. The molecule has 1 fully saturated rings. The highest BCUT2D eigenvalue weighted by Crippen LogP contribution is 2.28. The van der Waals surface area contributed by atoms with Crippen molar-refractivity contribution in [2.45, 2.75) is 33.7 Å². The Morgan fingerprint density at radius 3 is 2.51 bits per heavy atom. The van der Waals surface area contributed by atoms with E-state index < -0.39 is 5.82 Å². The Labute approximate surface area is 215 Å². The van der Waals surface area contributed by atoms with Crippen LogP contribution in [0.15, 0.2) is 42.7 Å². The SMILES string of the molecule is CCN1CCN(C(=O)c2ccc(Nc3ncc(F)c(-c4ccc5nc(C)n(C(C)C)c5c4)n3)nc2)CC1. The molecule has 1 N–H and O–H groups in total. The molecule has 1 aliphatic rings. The van der Waals surface area contributed by atoms with Crippen molar-refractivity contribution in [3.63, 3.8) is 0 Å². The van der Waals surface area contributed by atoms with Crippen molar-refractivity contribution in [1.29, 1.82) is 0 Å². The number of nitrogens with zero attached hydrogens (tertiary/aromatic N) is 7. The van der Waals surface area contributed by atoms with Crippen LogP contribution in [-0.2, 0) is 0 Å². The first kappa shape index (κ1) is 24.8. The molecule has 37 heavy (non-hydrogen) atoms. The summed E-state index contributed by atoms with van der Waals surface area (Å²) in [5.41, 5.74) is 3.13. The number of hydrogen-bond acceptors (Lipinski definition) is 7. The van der Waals surface area contributed by atoms with Gasteiger partial charge in [0.15, 0.2) is 5.82 Å². The fraction of sp³-hybridized carbons (Fsp3) is 0.370. The maximum Gasteiger partial charge on any atom is 0.255 e. The Hall–Kier alpha value is -3.92. The number of halogens is 1. The van der Waals surface area contributed by atoms with Crippen molar-refractivity contribution in [2.75, 3.05) is 38.0 Å². The highest BCUT2D eigenvalue weighted by molar-refractivity contribution is 5.94. The minimum atomic E-state index is -0.519. The molecule has 1 saturated heterocycles. The third kappa shape index (κ3) is 5.01. The van der Waals surface area contributed by atoms with Crippen LogP contribution >= 0.6 is 0 Å². The highest BCUT2D eigenvalue weighted by Gasteiger charge is 2.21. The summed E-state index contributed by atoms with van der Waals surface area (Å²) >= 11 is 0. The van der Waals surface area contributed by atoms with Gasteiger partial charge in [-0.15, -0.1) is 0 Å². The van der Waals surface area contributed by atoms with Crippen molar-refractivity contribution >= 4 is 28.7 Å². The average Bonchev–Trinajstić information content (AvgIpc) is 3.25. The van der Waals surface area contributed by atoms with Crippen LogP contribution in [0, 0.1) is 12.7 Å². The summed E-state index contributed by atoms with van der Waals surface area (Å²) in [5, 5.41) is 3.02. The van der Waals surface area contributed by atoms with E-state index in [1.807, 2.05) is 30.0 Å². The van der Waals surface area contributed by atoms with Gasteiger partial charge >= 0.3 is 0 Å². The fourth-order valence-corrected chi connectivity index (χ4v) is 4.80. The smallest absolute Gasteiger partial charge is 0.255 e. The molecule has 1 amide bonds. The Bertz CT molecular complexity index is 1420. The number of aryl methyl sites for hydroxylation is 1. The van der Waals surface area contributed by atoms with Gasteiger partial charge < -0.3 is 19.7 Å². The minimum absolute atomic E-state index is 0.0265. The van der Waals surface area contributed by atoms with E-state index in [0.29, 0.717) is 30.0 Å². The summed E-state index contributed by atoms with van der Waals surface area (Å²) in [6.45, 7) is 12.4. The quantitative estimate of drug-likeness (QED) is 0.417. The van der Waals surface area contributed by atoms with E-state index in [9.17, 15) is 9.18 Å². The summed E-state index contributed by atoms with van der Waals surface area (Å²) in [6, 6.07) is 9.26. The van der Waals surface area contributed by atoms with Crippen LogP contribution in [-0.4, -0.2) is 72.9 Å². The first-order valence-corrected chi connectivity index (χ1v) is 12.6. The predicted molar refractivity (Wildman–Crippen MR) is 141 cm³/mol. The van der Waals surface area contributed by atoms with Crippen LogP contribution in [0.4, 0.5) is 16.2 Å². The van der Waals surface area contributed by atoms with Gasteiger partial charge in [-0.05, 0) is 51.6 Å². The average molecular weight is 503 g/mol. The number of rotatable bonds is 6. The van der Waals surface area contributed by atoms with Crippen molar-refractivity contribution in [2.24, 2.45) is 0 Å². The molecule has 3 aromatic heterocycles. The summed E-state index contributed by atoms with van der Waals surface area (Å²) in [4.78, 5) is 34.5. The number of amides is 1. The number of piperazine rings is 1. The lowest BCUT2D eigenvalue weighted by Gasteiger charge is -2.34. The van der Waals surface area contributed by atoms with Gasteiger partial charge in [-0.2, -0.15) is 0 Å². The van der Waals surface area contributed by atoms with Crippen molar-refractivity contribution < 1.29 is 9.18 Å². The lowest BCUT2D eigenvalue weighted by molar-refractivity contribution is 0.0643. The van der Waals surface area contributed by atoms with Gasteiger partial charge in [0.25, 0.3) is 5.91 Å². The van der Waals surface area contributed by atoms with Crippen LogP contribution in [0.5, 0.6) is 0 Å². The first-order valence-electron chi connectivity index (χ1n) is 12.6. The Morgan fingerprint density at radius 2 is 1.84 bits per heavy atom. The first-order chi connectivity index (χ1) is 17.8. The maximum absolute atomic E-state index is 14.8. The summed E-state index contributed by atoms with van der Waals surface area (Å²) in [6.07, 6.45) is 2.69. The number of carbonyl (C=O) groups excluding carboxylic acids is 1. The molecule has 192 valence electrons. The van der Waals surface area contributed by atoms with Gasteiger partial charge in [0.2, 0.25) is 5.95 Å². The van der Waals surface area contributed by atoms with Crippen LogP contribution in [0.2, 0.25) is 0 Å². The number of aromatic nitrogens is 5. The van der Waals surface area contributed by atoms with Gasteiger partial charge in [0, 0.05) is 44.0 Å². The molecule has 4 aromatic rings. The summed E-state index contributed by atoms with van der Waals surface area (Å²) in [7, 11) is 0. The second kappa shape index (κ2) is 10.2. The minimum Gasteiger partial charge on any atom is -0.336 e. The Kier molecular flexibility index (Phi) is 6.84. The van der Waals surface area contributed by atoms with E-state index in [-0.39, 0.29) is 23.6 Å².